The topological polar surface area (TPSA) is 38.0 Å². The maximum Gasteiger partial charge on any atom is 0.0514 e. The summed E-state index contributed by atoms with van der Waals surface area (Å²) in [6, 6.07) is 0. The van der Waals surface area contributed by atoms with E-state index in [0.717, 1.165) is 0 Å². The Morgan fingerprint density at radius 3 is 2.00 bits per heavy atom. The third kappa shape index (κ3) is 3.92. The number of nitrogens with two attached hydrogens (primary N) is 1. The van der Waals surface area contributed by atoms with E-state index in [4.69, 9.17) is 5.73 Å². The van der Waals surface area contributed by atoms with Gasteiger partial charge in [0.1, 0.15) is 0 Å². The quantitative estimate of drug-likeness (QED) is 0.412. The molecule has 0 radical (unpaired) electrons. The Hall–Kier alpha value is -0.0800. The van der Waals surface area contributed by atoms with Crippen molar-refractivity contribution >= 4 is 0 Å². The van der Waals surface area contributed by atoms with E-state index in [9.17, 15) is 0 Å². The summed E-state index contributed by atoms with van der Waals surface area (Å²) in [6.07, 6.45) is 0.134. The van der Waals surface area contributed by atoms with Crippen LogP contribution in [0, 0.1) is 0 Å². The Labute approximate surface area is 32.4 Å². The van der Waals surface area contributed by atoms with Gasteiger partial charge < -0.3 is 11.1 Å². The molecule has 1 atom stereocenters. The van der Waals surface area contributed by atoms with Gasteiger partial charge >= 0.3 is 0 Å². The minimum Gasteiger partial charge on any atom is -0.316 e. The molecule has 0 bridgehead atoms. The Balaban J connectivity index is 2.54. The lowest BCUT2D eigenvalue weighted by Gasteiger charge is -1.96. The van der Waals surface area contributed by atoms with E-state index in [1.54, 1.807) is 0 Å². The molecule has 0 rings (SSSR count). The summed E-state index contributed by atoms with van der Waals surface area (Å²) in [6.45, 7) is 1.89. The minimum absolute atomic E-state index is 0.134. The number of hydrogen-bond acceptors (Lipinski definition) is 2. The highest BCUT2D eigenvalue weighted by molar-refractivity contribution is 4.37. The van der Waals surface area contributed by atoms with Crippen molar-refractivity contribution < 1.29 is 0 Å². The molecule has 0 aliphatic heterocycles. The molecule has 32 valence electrons. The highest BCUT2D eigenvalue weighted by Crippen LogP contribution is 1.52. The summed E-state index contributed by atoms with van der Waals surface area (Å²) >= 11 is 0. The molecule has 2 nitrogen and oxygen atoms in total. The molecule has 0 aliphatic carbocycles. The average Bonchev–Trinajstić information content (AvgIpc) is 1.38. The Kier molecular flexibility index (Phi) is 2.14. The molecule has 2 heteroatoms. The van der Waals surface area contributed by atoms with E-state index in [1.807, 2.05) is 14.0 Å². The van der Waals surface area contributed by atoms with Crippen LogP contribution >= 0.6 is 0 Å². The molecule has 0 saturated carbocycles. The third-order valence-electron chi connectivity index (χ3n) is 0.455. The molecule has 3 N–H and O–H groups in total. The van der Waals surface area contributed by atoms with Crippen molar-refractivity contribution in [3.8, 4) is 0 Å². The van der Waals surface area contributed by atoms with Gasteiger partial charge in [0, 0.05) is 0 Å². The van der Waals surface area contributed by atoms with Crippen molar-refractivity contribution in [1.29, 1.82) is 0 Å². The Morgan fingerprint density at radius 2 is 2.00 bits per heavy atom. The van der Waals surface area contributed by atoms with Crippen molar-refractivity contribution in [1.82, 2.24) is 5.32 Å². The first-order valence-electron chi connectivity index (χ1n) is 1.70. The van der Waals surface area contributed by atoms with Gasteiger partial charge in [-0.2, -0.15) is 0 Å². The van der Waals surface area contributed by atoms with E-state index in [-0.39, 0.29) is 6.17 Å². The lowest BCUT2D eigenvalue weighted by atomic mass is 10.6. The second kappa shape index (κ2) is 2.18. The van der Waals surface area contributed by atoms with Crippen LogP contribution in [0.4, 0.5) is 0 Å². The van der Waals surface area contributed by atoms with Gasteiger partial charge in [0.05, 0.1) is 6.17 Å². The lowest BCUT2D eigenvalue weighted by Crippen LogP contribution is -2.30. The summed E-state index contributed by atoms with van der Waals surface area (Å²) in [4.78, 5) is 0. The molecule has 0 saturated heterocycles. The molecular formula is C3H10N2. The van der Waals surface area contributed by atoms with Crippen LogP contribution in [0.3, 0.4) is 0 Å². The van der Waals surface area contributed by atoms with Crippen LogP contribution in [-0.4, -0.2) is 13.2 Å². The zero-order valence-corrected chi connectivity index (χ0v) is 3.65. The van der Waals surface area contributed by atoms with E-state index in [0.29, 0.717) is 0 Å². The first kappa shape index (κ1) is 4.92. The first-order valence-corrected chi connectivity index (χ1v) is 1.70. The van der Waals surface area contributed by atoms with Gasteiger partial charge in [-0.25, -0.2) is 0 Å². The molecule has 0 aliphatic rings. The molecule has 0 fully saturated rings. The monoisotopic (exact) mass is 74.1 g/mol. The van der Waals surface area contributed by atoms with Gasteiger partial charge in [-0.05, 0) is 14.0 Å². The average molecular weight is 74.1 g/mol. The number of nitrogens with one attached hydrogen (secondary N) is 1. The van der Waals surface area contributed by atoms with E-state index < -0.39 is 0 Å². The highest BCUT2D eigenvalue weighted by atomic mass is 15.0. The van der Waals surface area contributed by atoms with E-state index in [1.165, 1.54) is 0 Å². The van der Waals surface area contributed by atoms with Crippen LogP contribution in [0.1, 0.15) is 6.92 Å². The SMILES string of the molecule is CNC(C)N. The largest absolute Gasteiger partial charge is 0.316 e. The van der Waals surface area contributed by atoms with E-state index >= 15 is 0 Å². The second-order valence-electron chi connectivity index (χ2n) is 1.08. The van der Waals surface area contributed by atoms with Gasteiger partial charge in [0.2, 0.25) is 0 Å². The predicted molar refractivity (Wildman–Crippen MR) is 22.7 cm³/mol. The summed E-state index contributed by atoms with van der Waals surface area (Å²) in [7, 11) is 1.82. The van der Waals surface area contributed by atoms with Gasteiger partial charge in [0.15, 0.2) is 0 Å². The van der Waals surface area contributed by atoms with Crippen molar-refractivity contribution in [3.05, 3.63) is 0 Å². The van der Waals surface area contributed by atoms with Crippen LogP contribution in [-0.2, 0) is 0 Å². The molecule has 0 spiro atoms. The van der Waals surface area contributed by atoms with Crippen LogP contribution in [0.5, 0.6) is 0 Å². The summed E-state index contributed by atoms with van der Waals surface area (Å²) in [5.74, 6) is 0. The molecular weight excluding hydrogens is 64.0 g/mol. The fourth-order valence-corrected chi connectivity index (χ4v) is 0. The standard InChI is InChI=1S/C3H10N2/c1-3(4)5-2/h3,5H,4H2,1-2H3. The molecule has 0 amide bonds. The predicted octanol–water partition coefficient (Wildman–Crippen LogP) is -0.490. The fourth-order valence-electron chi connectivity index (χ4n) is 0. The summed E-state index contributed by atoms with van der Waals surface area (Å²) in [5.41, 5.74) is 5.18. The normalized spacial score (nSPS) is 15.0. The minimum atomic E-state index is 0.134. The van der Waals surface area contributed by atoms with Gasteiger partial charge in [0.25, 0.3) is 0 Å². The van der Waals surface area contributed by atoms with Crippen LogP contribution in [0.25, 0.3) is 0 Å². The van der Waals surface area contributed by atoms with Gasteiger partial charge in [-0.15, -0.1) is 0 Å². The van der Waals surface area contributed by atoms with Crippen LogP contribution < -0.4 is 11.1 Å². The molecule has 0 aromatic rings. The fraction of sp³-hybridized carbons (Fsp3) is 1.00. The van der Waals surface area contributed by atoms with Gasteiger partial charge in [-0.3, -0.25) is 0 Å². The van der Waals surface area contributed by atoms with Crippen molar-refractivity contribution in [2.45, 2.75) is 13.1 Å². The van der Waals surface area contributed by atoms with Crippen LogP contribution in [0.2, 0.25) is 0 Å². The summed E-state index contributed by atoms with van der Waals surface area (Å²) in [5, 5.41) is 2.81. The number of hydrogen-bond donors (Lipinski definition) is 2. The second-order valence-corrected chi connectivity index (χ2v) is 1.08. The van der Waals surface area contributed by atoms with Gasteiger partial charge in [-0.1, -0.05) is 0 Å². The first-order chi connectivity index (χ1) is 2.27. The molecule has 0 aromatic carbocycles. The zero-order chi connectivity index (χ0) is 4.28. The molecule has 1 unspecified atom stereocenters. The van der Waals surface area contributed by atoms with Crippen LogP contribution in [0.15, 0.2) is 0 Å². The lowest BCUT2D eigenvalue weighted by molar-refractivity contribution is 0.639. The molecule has 0 aromatic heterocycles. The zero-order valence-electron chi connectivity index (χ0n) is 3.65. The Bertz CT molecular complexity index is 18.9. The third-order valence-corrected chi connectivity index (χ3v) is 0.455. The Morgan fingerprint density at radius 1 is 1.80 bits per heavy atom. The molecule has 5 heavy (non-hydrogen) atoms. The maximum atomic E-state index is 5.18. The number of rotatable bonds is 1. The van der Waals surface area contributed by atoms with Crippen molar-refractivity contribution in [2.24, 2.45) is 5.73 Å². The highest BCUT2D eigenvalue weighted by Gasteiger charge is 1.76. The maximum absolute atomic E-state index is 5.18. The smallest absolute Gasteiger partial charge is 0.0514 e. The summed E-state index contributed by atoms with van der Waals surface area (Å²) < 4.78 is 0. The van der Waals surface area contributed by atoms with Crippen molar-refractivity contribution in [2.75, 3.05) is 7.05 Å². The van der Waals surface area contributed by atoms with Crippen molar-refractivity contribution in [3.63, 3.8) is 0 Å². The molecule has 0 heterocycles. The van der Waals surface area contributed by atoms with E-state index in [2.05, 4.69) is 5.32 Å².